The van der Waals surface area contributed by atoms with Crippen LogP contribution in [0.15, 0.2) is 59.9 Å². The summed E-state index contributed by atoms with van der Waals surface area (Å²) in [6.07, 6.45) is 2.77. The number of rotatable bonds is 11. The van der Waals surface area contributed by atoms with Gasteiger partial charge < -0.3 is 9.30 Å². The summed E-state index contributed by atoms with van der Waals surface area (Å²) in [6, 6.07) is 8.79. The third-order valence-corrected chi connectivity index (χ3v) is 9.04. The molecule has 2 aromatic carbocycles. The number of anilines is 1. The van der Waals surface area contributed by atoms with Crippen LogP contribution < -0.4 is 4.72 Å². The Balaban J connectivity index is 1.53. The Bertz CT molecular complexity index is 1620. The van der Waals surface area contributed by atoms with Gasteiger partial charge in [0, 0.05) is 26.3 Å². The first-order valence-electron chi connectivity index (χ1n) is 12.0. The molecule has 0 aliphatic heterocycles. The van der Waals surface area contributed by atoms with Crippen molar-refractivity contribution < 1.29 is 31.1 Å². The minimum Gasteiger partial charge on any atom is -0.361 e. The maximum atomic E-state index is 15.3. The lowest BCUT2D eigenvalue weighted by molar-refractivity contribution is 0.0899. The number of nitrogens with zero attached hydrogens (tertiary/aromatic N) is 3. The van der Waals surface area contributed by atoms with Gasteiger partial charge in [-0.1, -0.05) is 31.8 Å². The summed E-state index contributed by atoms with van der Waals surface area (Å²) < 4.78 is 77.9. The van der Waals surface area contributed by atoms with Crippen LogP contribution in [0, 0.1) is 17.5 Å². The Morgan fingerprint density at radius 1 is 1.03 bits per heavy atom. The number of hydrogen-bond donors (Lipinski definition) is 1. The Labute approximate surface area is 224 Å². The van der Waals surface area contributed by atoms with E-state index < -0.39 is 57.5 Å². The van der Waals surface area contributed by atoms with Gasteiger partial charge in [-0.05, 0) is 36.4 Å². The van der Waals surface area contributed by atoms with Crippen LogP contribution in [0.4, 0.5) is 18.9 Å². The summed E-state index contributed by atoms with van der Waals surface area (Å²) in [5.74, 6) is -4.53. The number of aromatic nitrogens is 3. The highest BCUT2D eigenvalue weighted by molar-refractivity contribution is 7.92. The standard InChI is InChI=1S/C26H27F3N4O4SSi/c1-39(2,3)13-12-37-16-33-11-10-17-22(30-15-31-26(17)33)14-23(34)18-6-4-9-21(24(18)29)32-38(35,36)25-19(27)7-5-8-20(25)28/h4-11,15,32H,12-14,16H2,1-3H3. The molecule has 0 aliphatic rings. The van der Waals surface area contributed by atoms with Crippen molar-refractivity contribution in [2.75, 3.05) is 11.3 Å². The Kier molecular flexibility index (Phi) is 8.23. The predicted octanol–water partition coefficient (Wildman–Crippen LogP) is 5.39. The minimum absolute atomic E-state index is 0.276. The highest BCUT2D eigenvalue weighted by Gasteiger charge is 2.26. The van der Waals surface area contributed by atoms with Gasteiger partial charge in [0.05, 0.1) is 23.4 Å². The second-order valence-corrected chi connectivity index (χ2v) is 17.4. The molecule has 0 atom stereocenters. The monoisotopic (exact) mass is 576 g/mol. The maximum Gasteiger partial charge on any atom is 0.267 e. The largest absolute Gasteiger partial charge is 0.361 e. The third kappa shape index (κ3) is 6.54. The number of halogens is 3. The van der Waals surface area contributed by atoms with Crippen LogP contribution in [0.1, 0.15) is 16.1 Å². The van der Waals surface area contributed by atoms with Gasteiger partial charge >= 0.3 is 0 Å². The molecule has 0 saturated carbocycles. The number of sulfonamides is 1. The number of Topliss-reactive ketones (excluding diaryl/α,β-unsaturated/α-hetero) is 1. The van der Waals surface area contributed by atoms with Crippen molar-refractivity contribution in [3.05, 3.63) is 83.7 Å². The zero-order valence-corrected chi connectivity index (χ0v) is 23.4. The second-order valence-electron chi connectivity index (χ2n) is 10.1. The van der Waals surface area contributed by atoms with E-state index in [0.717, 1.165) is 30.3 Å². The van der Waals surface area contributed by atoms with Gasteiger partial charge in [0.15, 0.2) is 16.5 Å². The highest BCUT2D eigenvalue weighted by Crippen LogP contribution is 2.26. The van der Waals surface area contributed by atoms with Gasteiger partial charge in [0.2, 0.25) is 0 Å². The molecule has 2 heterocycles. The van der Waals surface area contributed by atoms with Crippen molar-refractivity contribution >= 4 is 40.6 Å². The van der Waals surface area contributed by atoms with Crippen LogP contribution >= 0.6 is 0 Å². The van der Waals surface area contributed by atoms with Crippen LogP contribution in [-0.2, 0) is 27.9 Å². The SMILES string of the molecule is C[Si](C)(C)CCOCn1ccc2c(CC(=O)c3cccc(NS(=O)(=O)c4c(F)cccc4F)c3F)ncnc21. The molecule has 4 rings (SSSR count). The van der Waals surface area contributed by atoms with Crippen molar-refractivity contribution in [2.24, 2.45) is 0 Å². The van der Waals surface area contributed by atoms with Gasteiger partial charge in [-0.25, -0.2) is 31.6 Å². The highest BCUT2D eigenvalue weighted by atomic mass is 32.2. The van der Waals surface area contributed by atoms with Crippen molar-refractivity contribution in [3.63, 3.8) is 0 Å². The van der Waals surface area contributed by atoms with E-state index in [1.165, 1.54) is 18.5 Å². The fraction of sp³-hybridized carbons (Fsp3) is 0.269. The molecule has 0 aliphatic carbocycles. The first kappa shape index (κ1) is 28.5. The third-order valence-electron chi connectivity index (χ3n) is 5.92. The second kappa shape index (κ2) is 11.3. The summed E-state index contributed by atoms with van der Waals surface area (Å²) >= 11 is 0. The molecule has 8 nitrogen and oxygen atoms in total. The molecule has 0 radical (unpaired) electrons. The summed E-state index contributed by atoms with van der Waals surface area (Å²) in [7, 11) is -6.06. The van der Waals surface area contributed by atoms with Crippen LogP contribution in [0.25, 0.3) is 11.0 Å². The zero-order chi connectivity index (χ0) is 28.4. The normalized spacial score (nSPS) is 12.2. The zero-order valence-electron chi connectivity index (χ0n) is 21.5. The molecule has 0 unspecified atom stereocenters. The number of hydrogen-bond acceptors (Lipinski definition) is 6. The van der Waals surface area contributed by atoms with Gasteiger partial charge in [-0.15, -0.1) is 0 Å². The van der Waals surface area contributed by atoms with Crippen LogP contribution in [-0.4, -0.2) is 43.4 Å². The Hall–Kier alpha value is -3.55. The van der Waals surface area contributed by atoms with Crippen LogP contribution in [0.5, 0.6) is 0 Å². The molecule has 2 aromatic heterocycles. The van der Waals surface area contributed by atoms with Gasteiger partial charge in [-0.3, -0.25) is 9.52 Å². The van der Waals surface area contributed by atoms with Crippen LogP contribution in [0.3, 0.4) is 0 Å². The topological polar surface area (TPSA) is 103 Å². The molecular weight excluding hydrogens is 549 g/mol. The summed E-state index contributed by atoms with van der Waals surface area (Å²) in [4.78, 5) is 20.3. The molecule has 0 saturated heterocycles. The average molecular weight is 577 g/mol. The van der Waals surface area contributed by atoms with E-state index in [0.29, 0.717) is 23.3 Å². The number of benzene rings is 2. The first-order chi connectivity index (χ1) is 18.4. The summed E-state index contributed by atoms with van der Waals surface area (Å²) in [6.45, 7) is 7.67. The average Bonchev–Trinajstić information content (AvgIpc) is 3.26. The van der Waals surface area contributed by atoms with E-state index in [-0.39, 0.29) is 13.2 Å². The molecule has 0 spiro atoms. The predicted molar refractivity (Wildman–Crippen MR) is 143 cm³/mol. The molecule has 4 aromatic rings. The van der Waals surface area contributed by atoms with Gasteiger partial charge in [0.1, 0.15) is 30.3 Å². The number of ether oxygens (including phenoxy) is 1. The molecule has 0 amide bonds. The Morgan fingerprint density at radius 3 is 2.41 bits per heavy atom. The molecular formula is C26H27F3N4O4SSi. The maximum absolute atomic E-state index is 15.3. The molecule has 206 valence electrons. The number of carbonyl (C=O) groups excluding carboxylic acids is 1. The molecule has 1 N–H and O–H groups in total. The van der Waals surface area contributed by atoms with E-state index in [1.807, 2.05) is 4.72 Å². The quantitative estimate of drug-likeness (QED) is 0.146. The van der Waals surface area contributed by atoms with E-state index >= 15 is 4.39 Å². The van der Waals surface area contributed by atoms with E-state index in [2.05, 4.69) is 29.6 Å². The number of carbonyl (C=O) groups is 1. The number of ketones is 1. The van der Waals surface area contributed by atoms with Crippen LogP contribution in [0.2, 0.25) is 25.7 Å². The molecule has 13 heteroatoms. The fourth-order valence-electron chi connectivity index (χ4n) is 3.85. The molecule has 0 bridgehead atoms. The van der Waals surface area contributed by atoms with E-state index in [1.54, 1.807) is 16.8 Å². The van der Waals surface area contributed by atoms with E-state index in [9.17, 15) is 22.0 Å². The first-order valence-corrected chi connectivity index (χ1v) is 17.2. The smallest absolute Gasteiger partial charge is 0.267 e. The van der Waals surface area contributed by atoms with Gasteiger partial charge in [0.25, 0.3) is 10.0 Å². The van der Waals surface area contributed by atoms with Crippen molar-refractivity contribution in [1.29, 1.82) is 0 Å². The fourth-order valence-corrected chi connectivity index (χ4v) is 5.81. The lowest BCUT2D eigenvalue weighted by atomic mass is 10.0. The molecule has 0 fully saturated rings. The molecule has 39 heavy (non-hydrogen) atoms. The lowest BCUT2D eigenvalue weighted by Gasteiger charge is -2.15. The van der Waals surface area contributed by atoms with E-state index in [4.69, 9.17) is 4.74 Å². The number of nitrogens with one attached hydrogen (secondary N) is 1. The van der Waals surface area contributed by atoms with Crippen molar-refractivity contribution in [3.8, 4) is 0 Å². The summed E-state index contributed by atoms with van der Waals surface area (Å²) in [5.41, 5.74) is -0.137. The minimum atomic E-state index is -4.83. The Morgan fingerprint density at radius 2 is 1.72 bits per heavy atom. The van der Waals surface area contributed by atoms with Gasteiger partial charge in [-0.2, -0.15) is 0 Å². The van der Waals surface area contributed by atoms with Crippen molar-refractivity contribution in [2.45, 2.75) is 43.7 Å². The number of fused-ring (bicyclic) bond motifs is 1. The van der Waals surface area contributed by atoms with Crippen molar-refractivity contribution in [1.82, 2.24) is 14.5 Å². The summed E-state index contributed by atoms with van der Waals surface area (Å²) in [5, 5.41) is 0.590. The lowest BCUT2D eigenvalue weighted by Crippen LogP contribution is -2.22.